The topological polar surface area (TPSA) is 27.6 Å². The van der Waals surface area contributed by atoms with Crippen LogP contribution in [0.1, 0.15) is 32.1 Å². The van der Waals surface area contributed by atoms with Gasteiger partial charge in [-0.05, 0) is 43.4 Å². The van der Waals surface area contributed by atoms with E-state index in [2.05, 4.69) is 22.3 Å². The van der Waals surface area contributed by atoms with E-state index in [-0.39, 0.29) is 0 Å². The molecule has 3 atom stereocenters. The molecule has 1 heterocycles. The second-order valence-electron chi connectivity index (χ2n) is 5.78. The zero-order chi connectivity index (χ0) is 11.0. The summed E-state index contributed by atoms with van der Waals surface area (Å²) in [5.41, 5.74) is 0. The summed E-state index contributed by atoms with van der Waals surface area (Å²) in [4.78, 5) is 6.68. The molecule has 3 nitrogen and oxygen atoms in total. The Morgan fingerprint density at radius 1 is 1.38 bits per heavy atom. The summed E-state index contributed by atoms with van der Waals surface area (Å²) in [6.07, 6.45) is 7.43. The summed E-state index contributed by atoms with van der Waals surface area (Å²) < 4.78 is 0. The average Bonchev–Trinajstić information content (AvgIpc) is 2.96. The van der Waals surface area contributed by atoms with Crippen molar-refractivity contribution < 1.29 is 0 Å². The van der Waals surface area contributed by atoms with Gasteiger partial charge in [0.2, 0.25) is 0 Å². The van der Waals surface area contributed by atoms with E-state index < -0.39 is 0 Å². The predicted octanol–water partition coefficient (Wildman–Crippen LogP) is 1.70. The van der Waals surface area contributed by atoms with E-state index in [0.29, 0.717) is 0 Å². The van der Waals surface area contributed by atoms with Gasteiger partial charge in [-0.2, -0.15) is 0 Å². The van der Waals surface area contributed by atoms with Gasteiger partial charge in [-0.15, -0.1) is 0 Å². The minimum atomic E-state index is 0.965. The van der Waals surface area contributed by atoms with Crippen LogP contribution in [-0.2, 0) is 0 Å². The van der Waals surface area contributed by atoms with Crippen molar-refractivity contribution in [3.63, 3.8) is 0 Å². The number of nitrogens with one attached hydrogen (secondary N) is 1. The van der Waals surface area contributed by atoms with Crippen molar-refractivity contribution in [2.24, 2.45) is 22.7 Å². The normalized spacial score (nSPS) is 36.9. The largest absolute Gasteiger partial charge is 0.356 e. The SMILES string of the molecule is CN1CCN=C1NCCC1CC2CCC1C2. The lowest BCUT2D eigenvalue weighted by molar-refractivity contribution is 0.314. The van der Waals surface area contributed by atoms with Crippen molar-refractivity contribution in [1.82, 2.24) is 10.2 Å². The highest BCUT2D eigenvalue weighted by molar-refractivity contribution is 5.81. The first-order valence-electron chi connectivity index (χ1n) is 6.82. The number of aliphatic imine (C=N–C) groups is 1. The monoisotopic (exact) mass is 221 g/mol. The second kappa shape index (κ2) is 4.27. The third-order valence-corrected chi connectivity index (χ3v) is 4.74. The quantitative estimate of drug-likeness (QED) is 0.785. The molecular weight excluding hydrogens is 198 g/mol. The van der Waals surface area contributed by atoms with Crippen molar-refractivity contribution in [3.05, 3.63) is 0 Å². The Morgan fingerprint density at radius 2 is 2.31 bits per heavy atom. The third-order valence-electron chi connectivity index (χ3n) is 4.74. The number of likely N-dealkylation sites (N-methyl/N-ethyl adjacent to an activating group) is 1. The molecule has 90 valence electrons. The molecule has 3 heteroatoms. The van der Waals surface area contributed by atoms with Crippen LogP contribution in [0.3, 0.4) is 0 Å². The Labute approximate surface area is 98.3 Å². The van der Waals surface area contributed by atoms with Gasteiger partial charge in [0, 0.05) is 20.1 Å². The van der Waals surface area contributed by atoms with Crippen LogP contribution in [-0.4, -0.2) is 37.5 Å². The molecule has 0 spiro atoms. The van der Waals surface area contributed by atoms with Crippen LogP contribution in [0.15, 0.2) is 4.99 Å². The smallest absolute Gasteiger partial charge is 0.193 e. The molecule has 3 aliphatic rings. The van der Waals surface area contributed by atoms with Gasteiger partial charge in [0.1, 0.15) is 0 Å². The maximum atomic E-state index is 4.46. The summed E-state index contributed by atoms with van der Waals surface area (Å²) in [6, 6.07) is 0. The highest BCUT2D eigenvalue weighted by atomic mass is 15.3. The molecule has 2 aliphatic carbocycles. The highest BCUT2D eigenvalue weighted by Crippen LogP contribution is 2.49. The second-order valence-corrected chi connectivity index (χ2v) is 5.78. The van der Waals surface area contributed by atoms with Gasteiger partial charge in [-0.25, -0.2) is 0 Å². The Kier molecular flexibility index (Phi) is 2.78. The standard InChI is InChI=1S/C13H23N3/c1-16-7-6-15-13(16)14-5-4-12-9-10-2-3-11(12)8-10/h10-12H,2-9H2,1H3,(H,14,15). The van der Waals surface area contributed by atoms with Crippen molar-refractivity contribution in [1.29, 1.82) is 0 Å². The number of hydrogen-bond donors (Lipinski definition) is 1. The molecule has 0 aromatic rings. The van der Waals surface area contributed by atoms with Crippen molar-refractivity contribution in [3.8, 4) is 0 Å². The zero-order valence-electron chi connectivity index (χ0n) is 10.3. The molecule has 2 bridgehead atoms. The van der Waals surface area contributed by atoms with Crippen molar-refractivity contribution >= 4 is 5.96 Å². The van der Waals surface area contributed by atoms with Crippen LogP contribution >= 0.6 is 0 Å². The van der Waals surface area contributed by atoms with Gasteiger partial charge < -0.3 is 10.2 Å². The molecule has 3 unspecified atom stereocenters. The van der Waals surface area contributed by atoms with Gasteiger partial charge in [0.25, 0.3) is 0 Å². The van der Waals surface area contributed by atoms with E-state index in [1.807, 2.05) is 0 Å². The van der Waals surface area contributed by atoms with Gasteiger partial charge in [-0.1, -0.05) is 6.42 Å². The van der Waals surface area contributed by atoms with Crippen molar-refractivity contribution in [2.45, 2.75) is 32.1 Å². The van der Waals surface area contributed by atoms with E-state index in [1.54, 1.807) is 0 Å². The number of fused-ring (bicyclic) bond motifs is 2. The molecule has 0 aromatic heterocycles. The van der Waals surface area contributed by atoms with Crippen molar-refractivity contribution in [2.75, 3.05) is 26.7 Å². The maximum absolute atomic E-state index is 4.46. The first kappa shape index (κ1) is 10.4. The predicted molar refractivity (Wildman–Crippen MR) is 66.5 cm³/mol. The summed E-state index contributed by atoms with van der Waals surface area (Å²) in [7, 11) is 2.12. The van der Waals surface area contributed by atoms with Crippen LogP contribution in [0.5, 0.6) is 0 Å². The maximum Gasteiger partial charge on any atom is 0.193 e. The Bertz CT molecular complexity index is 287. The molecular formula is C13H23N3. The number of hydrogen-bond acceptors (Lipinski definition) is 3. The Hall–Kier alpha value is -0.730. The lowest BCUT2D eigenvalue weighted by Gasteiger charge is -2.22. The molecule has 1 aliphatic heterocycles. The van der Waals surface area contributed by atoms with Crippen LogP contribution in [0.4, 0.5) is 0 Å². The highest BCUT2D eigenvalue weighted by Gasteiger charge is 2.38. The summed E-state index contributed by atoms with van der Waals surface area (Å²) >= 11 is 0. The van der Waals surface area contributed by atoms with E-state index in [0.717, 1.165) is 43.3 Å². The first-order valence-corrected chi connectivity index (χ1v) is 6.82. The van der Waals surface area contributed by atoms with E-state index >= 15 is 0 Å². The van der Waals surface area contributed by atoms with Gasteiger partial charge in [0.15, 0.2) is 5.96 Å². The Balaban J connectivity index is 1.41. The lowest BCUT2D eigenvalue weighted by Crippen LogP contribution is -2.36. The fourth-order valence-corrected chi connectivity index (χ4v) is 3.82. The van der Waals surface area contributed by atoms with E-state index in [9.17, 15) is 0 Å². The number of nitrogens with zero attached hydrogens (tertiary/aromatic N) is 2. The summed E-state index contributed by atoms with van der Waals surface area (Å²) in [5, 5.41) is 3.49. The molecule has 0 aromatic carbocycles. The van der Waals surface area contributed by atoms with Crippen LogP contribution < -0.4 is 5.32 Å². The fourth-order valence-electron chi connectivity index (χ4n) is 3.82. The summed E-state index contributed by atoms with van der Waals surface area (Å²) in [5.74, 6) is 4.28. The minimum absolute atomic E-state index is 0.965. The molecule has 1 N–H and O–H groups in total. The molecule has 0 radical (unpaired) electrons. The average molecular weight is 221 g/mol. The van der Waals surface area contributed by atoms with Crippen LogP contribution in [0.2, 0.25) is 0 Å². The third kappa shape index (κ3) is 1.92. The van der Waals surface area contributed by atoms with E-state index in [4.69, 9.17) is 0 Å². The van der Waals surface area contributed by atoms with Crippen LogP contribution in [0.25, 0.3) is 0 Å². The first-order chi connectivity index (χ1) is 7.83. The van der Waals surface area contributed by atoms with Crippen LogP contribution in [0, 0.1) is 17.8 Å². The van der Waals surface area contributed by atoms with Gasteiger partial charge in [-0.3, -0.25) is 4.99 Å². The summed E-state index contributed by atoms with van der Waals surface area (Å²) in [6.45, 7) is 3.17. The number of rotatable bonds is 3. The number of guanidine groups is 1. The van der Waals surface area contributed by atoms with Gasteiger partial charge >= 0.3 is 0 Å². The molecule has 0 amide bonds. The molecule has 16 heavy (non-hydrogen) atoms. The Morgan fingerprint density at radius 3 is 2.94 bits per heavy atom. The molecule has 2 fully saturated rings. The fraction of sp³-hybridized carbons (Fsp3) is 0.923. The van der Waals surface area contributed by atoms with E-state index in [1.165, 1.54) is 32.1 Å². The zero-order valence-corrected chi connectivity index (χ0v) is 10.3. The molecule has 0 saturated heterocycles. The molecule has 3 rings (SSSR count). The lowest BCUT2D eigenvalue weighted by atomic mass is 9.86. The van der Waals surface area contributed by atoms with Gasteiger partial charge in [0.05, 0.1) is 6.54 Å². The minimum Gasteiger partial charge on any atom is -0.356 e. The molecule has 2 saturated carbocycles.